The first-order chi connectivity index (χ1) is 12.9. The molecule has 0 spiro atoms. The number of amides is 2. The average molecular weight is 401 g/mol. The van der Waals surface area contributed by atoms with Crippen molar-refractivity contribution in [1.29, 1.82) is 0 Å². The molecule has 0 radical (unpaired) electrons. The highest BCUT2D eigenvalue weighted by Crippen LogP contribution is 2.33. The highest BCUT2D eigenvalue weighted by molar-refractivity contribution is 6.43. The summed E-state index contributed by atoms with van der Waals surface area (Å²) in [5.74, 6) is -1.06. The van der Waals surface area contributed by atoms with Crippen molar-refractivity contribution in [2.24, 2.45) is 0 Å². The van der Waals surface area contributed by atoms with Gasteiger partial charge in [0.05, 0.1) is 15.6 Å². The van der Waals surface area contributed by atoms with E-state index < -0.39 is 12.0 Å². The van der Waals surface area contributed by atoms with Gasteiger partial charge in [-0.05, 0) is 42.0 Å². The lowest BCUT2D eigenvalue weighted by Gasteiger charge is -2.10. The molecule has 0 bridgehead atoms. The lowest BCUT2D eigenvalue weighted by molar-refractivity contribution is 0.0697. The number of benzene rings is 3. The third-order valence-electron chi connectivity index (χ3n) is 3.77. The van der Waals surface area contributed by atoms with Crippen LogP contribution in [0.25, 0.3) is 11.1 Å². The third-order valence-corrected chi connectivity index (χ3v) is 4.59. The number of nitrogens with one attached hydrogen (secondary N) is 2. The van der Waals surface area contributed by atoms with Crippen molar-refractivity contribution >= 4 is 46.6 Å². The molecular formula is C20H14Cl2N2O3. The van der Waals surface area contributed by atoms with Crippen LogP contribution in [0.3, 0.4) is 0 Å². The quantitative estimate of drug-likeness (QED) is 0.502. The molecule has 0 heterocycles. The number of urea groups is 1. The molecule has 5 nitrogen and oxygen atoms in total. The SMILES string of the molecule is O=C(Nc1ccc(-c2cccc(Cl)c2Cl)cc1)Nc1cccc(C(=O)O)c1. The van der Waals surface area contributed by atoms with Crippen molar-refractivity contribution in [3.8, 4) is 11.1 Å². The van der Waals surface area contributed by atoms with Crippen molar-refractivity contribution in [1.82, 2.24) is 0 Å². The van der Waals surface area contributed by atoms with Crippen molar-refractivity contribution in [3.05, 3.63) is 82.3 Å². The van der Waals surface area contributed by atoms with Crippen LogP contribution in [-0.4, -0.2) is 17.1 Å². The highest BCUT2D eigenvalue weighted by atomic mass is 35.5. The zero-order valence-electron chi connectivity index (χ0n) is 13.9. The van der Waals surface area contributed by atoms with Gasteiger partial charge in [0.2, 0.25) is 0 Å². The molecule has 3 aromatic carbocycles. The number of carbonyl (C=O) groups is 2. The minimum absolute atomic E-state index is 0.0931. The predicted octanol–water partition coefficient (Wildman–Crippen LogP) is 6.00. The summed E-state index contributed by atoms with van der Waals surface area (Å²) in [6.07, 6.45) is 0. The Hall–Kier alpha value is -3.02. The summed E-state index contributed by atoms with van der Waals surface area (Å²) in [6.45, 7) is 0. The Morgan fingerprint density at radius 3 is 2.19 bits per heavy atom. The van der Waals surface area contributed by atoms with E-state index in [1.807, 2.05) is 24.3 Å². The van der Waals surface area contributed by atoms with E-state index in [4.69, 9.17) is 28.3 Å². The van der Waals surface area contributed by atoms with E-state index in [-0.39, 0.29) is 5.56 Å². The van der Waals surface area contributed by atoms with E-state index >= 15 is 0 Å². The van der Waals surface area contributed by atoms with Crippen molar-refractivity contribution < 1.29 is 14.7 Å². The molecule has 27 heavy (non-hydrogen) atoms. The van der Waals surface area contributed by atoms with Gasteiger partial charge >= 0.3 is 12.0 Å². The molecule has 0 unspecified atom stereocenters. The number of rotatable bonds is 4. The smallest absolute Gasteiger partial charge is 0.335 e. The van der Waals surface area contributed by atoms with E-state index in [0.29, 0.717) is 21.4 Å². The predicted molar refractivity (Wildman–Crippen MR) is 108 cm³/mol. The molecule has 0 atom stereocenters. The van der Waals surface area contributed by atoms with Gasteiger partial charge < -0.3 is 15.7 Å². The molecule has 0 aliphatic rings. The number of carboxylic acid groups (broad SMARTS) is 1. The number of hydrogen-bond acceptors (Lipinski definition) is 2. The van der Waals surface area contributed by atoms with Crippen molar-refractivity contribution in [2.45, 2.75) is 0 Å². The molecule has 0 aromatic heterocycles. The van der Waals surface area contributed by atoms with Gasteiger partial charge in [0.25, 0.3) is 0 Å². The van der Waals surface area contributed by atoms with E-state index in [9.17, 15) is 9.59 Å². The number of halogens is 2. The van der Waals surface area contributed by atoms with E-state index in [1.54, 1.807) is 30.3 Å². The number of carboxylic acids is 1. The summed E-state index contributed by atoms with van der Waals surface area (Å²) in [5, 5.41) is 15.2. The van der Waals surface area contributed by atoms with Gasteiger partial charge in [-0.1, -0.05) is 53.5 Å². The van der Waals surface area contributed by atoms with Crippen LogP contribution >= 0.6 is 23.2 Å². The second kappa shape index (κ2) is 8.12. The van der Waals surface area contributed by atoms with Crippen LogP contribution in [0.15, 0.2) is 66.7 Å². The molecule has 0 aliphatic heterocycles. The maximum absolute atomic E-state index is 12.1. The Morgan fingerprint density at radius 1 is 0.815 bits per heavy atom. The van der Waals surface area contributed by atoms with Crippen LogP contribution in [0.5, 0.6) is 0 Å². The fraction of sp³-hybridized carbons (Fsp3) is 0. The molecule has 3 aromatic rings. The summed E-state index contributed by atoms with van der Waals surface area (Å²) in [6, 6.07) is 18.0. The zero-order chi connectivity index (χ0) is 19.4. The van der Waals surface area contributed by atoms with Crippen LogP contribution in [0, 0.1) is 0 Å². The first kappa shape index (κ1) is 18.8. The van der Waals surface area contributed by atoms with Crippen molar-refractivity contribution in [2.75, 3.05) is 10.6 Å². The van der Waals surface area contributed by atoms with Gasteiger partial charge in [0.15, 0.2) is 0 Å². The maximum atomic E-state index is 12.1. The number of hydrogen-bond donors (Lipinski definition) is 3. The van der Waals surface area contributed by atoms with Crippen molar-refractivity contribution in [3.63, 3.8) is 0 Å². The molecule has 7 heteroatoms. The Bertz CT molecular complexity index is 1000. The fourth-order valence-electron chi connectivity index (χ4n) is 2.48. The van der Waals surface area contributed by atoms with E-state index in [0.717, 1.165) is 11.1 Å². The van der Waals surface area contributed by atoms with Crippen LogP contribution < -0.4 is 10.6 Å². The summed E-state index contributed by atoms with van der Waals surface area (Å²) < 4.78 is 0. The van der Waals surface area contributed by atoms with Crippen LogP contribution in [-0.2, 0) is 0 Å². The highest BCUT2D eigenvalue weighted by Gasteiger charge is 2.09. The molecule has 3 N–H and O–H groups in total. The monoisotopic (exact) mass is 400 g/mol. The fourth-order valence-corrected chi connectivity index (χ4v) is 2.89. The number of carbonyl (C=O) groups excluding carboxylic acids is 1. The molecular weight excluding hydrogens is 387 g/mol. The molecule has 0 saturated heterocycles. The Kier molecular flexibility index (Phi) is 5.64. The lowest BCUT2D eigenvalue weighted by Crippen LogP contribution is -2.19. The first-order valence-electron chi connectivity index (χ1n) is 7.90. The molecule has 3 rings (SSSR count). The first-order valence-corrected chi connectivity index (χ1v) is 8.65. The van der Waals surface area contributed by atoms with Gasteiger partial charge in [-0.25, -0.2) is 9.59 Å². The van der Waals surface area contributed by atoms with Gasteiger partial charge in [0.1, 0.15) is 0 Å². The minimum atomic E-state index is -1.06. The number of aromatic carboxylic acids is 1. The Morgan fingerprint density at radius 2 is 1.48 bits per heavy atom. The Labute approximate surface area is 165 Å². The third kappa shape index (κ3) is 4.58. The van der Waals surface area contributed by atoms with Gasteiger partial charge in [-0.3, -0.25) is 0 Å². The van der Waals surface area contributed by atoms with Crippen LogP contribution in [0.4, 0.5) is 16.2 Å². The normalized spacial score (nSPS) is 10.3. The maximum Gasteiger partial charge on any atom is 0.335 e. The molecule has 2 amide bonds. The summed E-state index contributed by atoms with van der Waals surface area (Å²) in [7, 11) is 0. The van der Waals surface area contributed by atoms with Crippen LogP contribution in [0.2, 0.25) is 10.0 Å². The summed E-state index contributed by atoms with van der Waals surface area (Å²) >= 11 is 12.3. The molecule has 0 saturated carbocycles. The summed E-state index contributed by atoms with van der Waals surface area (Å²) in [4.78, 5) is 23.1. The Balaban J connectivity index is 1.69. The van der Waals surface area contributed by atoms with E-state index in [2.05, 4.69) is 10.6 Å². The lowest BCUT2D eigenvalue weighted by atomic mass is 10.1. The largest absolute Gasteiger partial charge is 0.478 e. The topological polar surface area (TPSA) is 78.4 Å². The molecule has 0 fully saturated rings. The molecule has 136 valence electrons. The van der Waals surface area contributed by atoms with Crippen LogP contribution in [0.1, 0.15) is 10.4 Å². The van der Waals surface area contributed by atoms with Gasteiger partial charge in [-0.15, -0.1) is 0 Å². The second-order valence-electron chi connectivity index (χ2n) is 5.64. The standard InChI is InChI=1S/C20H14Cl2N2O3/c21-17-6-2-5-16(18(17)22)12-7-9-14(10-8-12)23-20(27)24-15-4-1-3-13(11-15)19(25)26/h1-11H,(H,25,26)(H2,23,24,27). The zero-order valence-corrected chi connectivity index (χ0v) is 15.4. The van der Waals surface area contributed by atoms with Gasteiger partial charge in [0, 0.05) is 16.9 Å². The van der Waals surface area contributed by atoms with E-state index in [1.165, 1.54) is 12.1 Å². The van der Waals surface area contributed by atoms with Gasteiger partial charge in [-0.2, -0.15) is 0 Å². The average Bonchev–Trinajstić information content (AvgIpc) is 2.65. The number of anilines is 2. The minimum Gasteiger partial charge on any atom is -0.478 e. The summed E-state index contributed by atoms with van der Waals surface area (Å²) in [5.41, 5.74) is 2.71. The molecule has 0 aliphatic carbocycles. The second-order valence-corrected chi connectivity index (χ2v) is 6.43.